The molecule has 0 aliphatic carbocycles. The Balaban J connectivity index is 1.46. The average molecular weight is 390 g/mol. The Kier molecular flexibility index (Phi) is 6.34. The lowest BCUT2D eigenvalue weighted by molar-refractivity contribution is 0.153. The fourth-order valence-corrected chi connectivity index (χ4v) is 3.64. The summed E-state index contributed by atoms with van der Waals surface area (Å²) in [7, 11) is 1.68. The molecule has 1 aliphatic heterocycles. The van der Waals surface area contributed by atoms with Crippen molar-refractivity contribution >= 4 is 0 Å². The Hall–Kier alpha value is -2.96. The lowest BCUT2D eigenvalue weighted by Gasteiger charge is -2.36. The minimum Gasteiger partial charge on any atom is -0.493 e. The van der Waals surface area contributed by atoms with Crippen LogP contribution in [0.3, 0.4) is 0 Å². The third-order valence-electron chi connectivity index (χ3n) is 5.18. The van der Waals surface area contributed by atoms with Gasteiger partial charge in [0, 0.05) is 57.0 Å². The molecule has 1 atom stereocenters. The summed E-state index contributed by atoms with van der Waals surface area (Å²) in [5, 5.41) is 3.49. The number of piperazine rings is 1. The zero-order valence-electron chi connectivity index (χ0n) is 16.6. The Bertz CT molecular complexity index is 905. The molecule has 4 rings (SSSR count). The van der Waals surface area contributed by atoms with E-state index in [2.05, 4.69) is 38.4 Å². The van der Waals surface area contributed by atoms with Crippen molar-refractivity contribution in [2.24, 2.45) is 0 Å². The van der Waals surface area contributed by atoms with Crippen molar-refractivity contribution in [3.63, 3.8) is 0 Å². The number of benzene rings is 1. The zero-order valence-corrected chi connectivity index (χ0v) is 16.6. The number of aromatic nitrogens is 2. The molecule has 1 N–H and O–H groups in total. The van der Waals surface area contributed by atoms with Gasteiger partial charge in [0.2, 0.25) is 0 Å². The van der Waals surface area contributed by atoms with E-state index in [0.717, 1.165) is 43.2 Å². The summed E-state index contributed by atoms with van der Waals surface area (Å²) in [4.78, 5) is 10.8. The van der Waals surface area contributed by atoms with Gasteiger partial charge >= 0.3 is 0 Å². The van der Waals surface area contributed by atoms with E-state index in [1.54, 1.807) is 19.5 Å². The van der Waals surface area contributed by atoms with Gasteiger partial charge in [0.25, 0.3) is 0 Å². The molecule has 2 aromatic heterocycles. The largest absolute Gasteiger partial charge is 0.493 e. The van der Waals surface area contributed by atoms with Crippen LogP contribution in [-0.4, -0.2) is 41.6 Å². The summed E-state index contributed by atoms with van der Waals surface area (Å²) < 4.78 is 11.6. The van der Waals surface area contributed by atoms with Gasteiger partial charge in [0.05, 0.1) is 7.11 Å². The molecule has 0 saturated carbocycles. The van der Waals surface area contributed by atoms with E-state index in [9.17, 15) is 0 Å². The first kappa shape index (κ1) is 19.4. The Morgan fingerprint density at radius 1 is 1.03 bits per heavy atom. The van der Waals surface area contributed by atoms with Crippen molar-refractivity contribution < 1.29 is 9.47 Å². The van der Waals surface area contributed by atoms with Crippen molar-refractivity contribution in [3.8, 4) is 11.5 Å². The lowest BCUT2D eigenvalue weighted by Crippen LogP contribution is -2.45. The smallest absolute Gasteiger partial charge is 0.161 e. The second kappa shape index (κ2) is 9.49. The first-order valence-corrected chi connectivity index (χ1v) is 9.87. The number of pyridine rings is 2. The van der Waals surface area contributed by atoms with Crippen LogP contribution in [0.1, 0.15) is 22.7 Å². The van der Waals surface area contributed by atoms with E-state index in [1.165, 1.54) is 11.1 Å². The fraction of sp³-hybridized carbons (Fsp3) is 0.304. The van der Waals surface area contributed by atoms with Gasteiger partial charge < -0.3 is 14.8 Å². The van der Waals surface area contributed by atoms with E-state index in [4.69, 9.17) is 9.47 Å². The fourth-order valence-electron chi connectivity index (χ4n) is 3.64. The third kappa shape index (κ3) is 4.91. The van der Waals surface area contributed by atoms with E-state index in [0.29, 0.717) is 12.6 Å². The Labute approximate surface area is 171 Å². The van der Waals surface area contributed by atoms with E-state index < -0.39 is 0 Å². The van der Waals surface area contributed by atoms with Gasteiger partial charge in [0.15, 0.2) is 11.5 Å². The van der Waals surface area contributed by atoms with Crippen molar-refractivity contribution in [2.45, 2.75) is 19.2 Å². The number of hydrogen-bond acceptors (Lipinski definition) is 6. The van der Waals surface area contributed by atoms with Gasteiger partial charge in [-0.15, -0.1) is 0 Å². The van der Waals surface area contributed by atoms with Gasteiger partial charge in [-0.1, -0.05) is 12.1 Å². The van der Waals surface area contributed by atoms with Gasteiger partial charge in [0.1, 0.15) is 6.61 Å². The molecule has 3 heterocycles. The maximum atomic E-state index is 5.96. The van der Waals surface area contributed by atoms with E-state index in [1.807, 2.05) is 36.7 Å². The minimum absolute atomic E-state index is 0.311. The van der Waals surface area contributed by atoms with Crippen LogP contribution in [0.2, 0.25) is 0 Å². The highest BCUT2D eigenvalue weighted by Crippen LogP contribution is 2.31. The Morgan fingerprint density at radius 3 is 2.72 bits per heavy atom. The number of ether oxygens (including phenoxy) is 2. The Morgan fingerprint density at radius 2 is 1.93 bits per heavy atom. The lowest BCUT2D eigenvalue weighted by atomic mass is 10.0. The first-order chi connectivity index (χ1) is 14.3. The normalized spacial score (nSPS) is 17.1. The molecule has 0 spiro atoms. The highest BCUT2D eigenvalue weighted by atomic mass is 16.5. The molecule has 150 valence electrons. The van der Waals surface area contributed by atoms with Gasteiger partial charge in [-0.05, 0) is 47.0 Å². The predicted octanol–water partition coefficient (Wildman–Crippen LogP) is 3.21. The van der Waals surface area contributed by atoms with Gasteiger partial charge in [-0.3, -0.25) is 14.9 Å². The second-order valence-corrected chi connectivity index (χ2v) is 7.11. The molecule has 1 aromatic carbocycles. The monoisotopic (exact) mass is 390 g/mol. The van der Waals surface area contributed by atoms with Crippen LogP contribution in [0.5, 0.6) is 11.5 Å². The van der Waals surface area contributed by atoms with Crippen molar-refractivity contribution in [2.75, 3.05) is 26.7 Å². The quantitative estimate of drug-likeness (QED) is 0.669. The van der Waals surface area contributed by atoms with Crippen molar-refractivity contribution in [1.29, 1.82) is 0 Å². The molecule has 29 heavy (non-hydrogen) atoms. The maximum Gasteiger partial charge on any atom is 0.161 e. The summed E-state index contributed by atoms with van der Waals surface area (Å²) in [5.74, 6) is 1.50. The molecule has 0 amide bonds. The number of nitrogens with one attached hydrogen (secondary N) is 1. The minimum atomic E-state index is 0.311. The van der Waals surface area contributed by atoms with Crippen LogP contribution in [-0.2, 0) is 13.2 Å². The second-order valence-electron chi connectivity index (χ2n) is 7.11. The van der Waals surface area contributed by atoms with Crippen LogP contribution in [0.25, 0.3) is 0 Å². The van der Waals surface area contributed by atoms with Crippen LogP contribution in [0, 0.1) is 0 Å². The standard InChI is InChI=1S/C23H26N4O2/c1-28-23-13-19(4-5-22(23)29-17-18-6-9-24-10-7-18)16-27-12-11-26-15-21(27)20-3-2-8-25-14-20/h2-10,13-14,21,26H,11-12,15-17H2,1H3. The highest BCUT2D eigenvalue weighted by Gasteiger charge is 2.24. The molecule has 1 unspecified atom stereocenters. The van der Waals surface area contributed by atoms with Crippen molar-refractivity contribution in [3.05, 3.63) is 83.9 Å². The number of methoxy groups -OCH3 is 1. The summed E-state index contributed by atoms with van der Waals surface area (Å²) in [6.07, 6.45) is 7.32. The molecule has 3 aromatic rings. The molecule has 1 fully saturated rings. The highest BCUT2D eigenvalue weighted by molar-refractivity contribution is 5.43. The summed E-state index contributed by atoms with van der Waals surface area (Å²) in [5.41, 5.74) is 3.52. The van der Waals surface area contributed by atoms with Crippen molar-refractivity contribution in [1.82, 2.24) is 20.2 Å². The number of hydrogen-bond donors (Lipinski definition) is 1. The molecule has 1 aliphatic rings. The maximum absolute atomic E-state index is 5.96. The number of rotatable bonds is 7. The van der Waals surface area contributed by atoms with E-state index in [-0.39, 0.29) is 0 Å². The summed E-state index contributed by atoms with van der Waals surface area (Å²) >= 11 is 0. The third-order valence-corrected chi connectivity index (χ3v) is 5.18. The summed E-state index contributed by atoms with van der Waals surface area (Å²) in [6, 6.07) is 14.5. The van der Waals surface area contributed by atoms with E-state index >= 15 is 0 Å². The zero-order chi connectivity index (χ0) is 19.9. The van der Waals surface area contributed by atoms with Crippen LogP contribution in [0.4, 0.5) is 0 Å². The summed E-state index contributed by atoms with van der Waals surface area (Å²) in [6.45, 7) is 4.24. The SMILES string of the molecule is COc1cc(CN2CCNCC2c2cccnc2)ccc1OCc1ccncc1. The average Bonchev–Trinajstić information content (AvgIpc) is 2.80. The topological polar surface area (TPSA) is 59.5 Å². The molecule has 1 saturated heterocycles. The predicted molar refractivity (Wildman–Crippen MR) is 112 cm³/mol. The molecule has 0 radical (unpaired) electrons. The molecule has 6 heteroatoms. The van der Waals surface area contributed by atoms with Crippen LogP contribution in [0.15, 0.2) is 67.3 Å². The molecule has 0 bridgehead atoms. The molecular weight excluding hydrogens is 364 g/mol. The first-order valence-electron chi connectivity index (χ1n) is 9.87. The van der Waals surface area contributed by atoms with Crippen LogP contribution >= 0.6 is 0 Å². The molecular formula is C23H26N4O2. The van der Waals surface area contributed by atoms with Crippen LogP contribution < -0.4 is 14.8 Å². The number of nitrogens with zero attached hydrogens (tertiary/aromatic N) is 3. The van der Waals surface area contributed by atoms with Gasteiger partial charge in [-0.2, -0.15) is 0 Å². The van der Waals surface area contributed by atoms with Gasteiger partial charge in [-0.25, -0.2) is 0 Å². The molecule has 6 nitrogen and oxygen atoms in total.